The van der Waals surface area contributed by atoms with E-state index >= 15 is 0 Å². The van der Waals surface area contributed by atoms with Gasteiger partial charge < -0.3 is 14.0 Å². The minimum absolute atomic E-state index is 0.0325. The molecule has 1 heterocycles. The summed E-state index contributed by atoms with van der Waals surface area (Å²) in [6.45, 7) is 4.49. The summed E-state index contributed by atoms with van der Waals surface area (Å²) in [6.07, 6.45) is 0. The van der Waals surface area contributed by atoms with Crippen LogP contribution >= 0.6 is 11.3 Å². The number of carbonyl (C=O) groups excluding carboxylic acids is 2. The molecule has 0 aliphatic carbocycles. The standard InChI is InChI=1S/C27H26N2O4S/c1-3-32-21-15-16-22-23(17-21)34-27(29(22)18-24(30)33-4-2)28-26(31)25(19-11-7-5-8-12-19)20-13-9-6-10-14-20/h5-17,25H,3-4,18H2,1-2H3. The van der Waals surface area contributed by atoms with Crippen molar-refractivity contribution in [2.24, 2.45) is 4.99 Å². The number of amides is 1. The van der Waals surface area contributed by atoms with Crippen LogP contribution in [-0.2, 0) is 20.9 Å². The van der Waals surface area contributed by atoms with Crippen LogP contribution in [-0.4, -0.2) is 29.7 Å². The Morgan fingerprint density at radius 1 is 0.912 bits per heavy atom. The predicted molar refractivity (Wildman–Crippen MR) is 133 cm³/mol. The number of rotatable bonds is 8. The van der Waals surface area contributed by atoms with Crippen molar-refractivity contribution in [3.8, 4) is 5.75 Å². The summed E-state index contributed by atoms with van der Waals surface area (Å²) in [5.41, 5.74) is 2.52. The van der Waals surface area contributed by atoms with Gasteiger partial charge in [0.15, 0.2) is 4.80 Å². The third-order valence-corrected chi connectivity index (χ3v) is 6.32. The first-order valence-corrected chi connectivity index (χ1v) is 12.0. The molecule has 0 radical (unpaired) electrons. The number of hydrogen-bond acceptors (Lipinski definition) is 5. The minimum atomic E-state index is -0.553. The van der Waals surface area contributed by atoms with E-state index in [4.69, 9.17) is 9.47 Å². The van der Waals surface area contributed by atoms with Gasteiger partial charge >= 0.3 is 5.97 Å². The van der Waals surface area contributed by atoms with Crippen molar-refractivity contribution >= 4 is 33.4 Å². The highest BCUT2D eigenvalue weighted by molar-refractivity contribution is 7.16. The molecule has 34 heavy (non-hydrogen) atoms. The Labute approximate surface area is 202 Å². The monoisotopic (exact) mass is 474 g/mol. The second kappa shape index (κ2) is 10.9. The van der Waals surface area contributed by atoms with Crippen molar-refractivity contribution < 1.29 is 19.1 Å². The molecule has 0 unspecified atom stereocenters. The Hall–Kier alpha value is -3.71. The summed E-state index contributed by atoms with van der Waals surface area (Å²) in [5, 5.41) is 0. The number of benzene rings is 3. The number of nitrogens with zero attached hydrogens (tertiary/aromatic N) is 2. The fourth-order valence-corrected chi connectivity index (χ4v) is 4.87. The molecule has 4 aromatic rings. The van der Waals surface area contributed by atoms with E-state index in [9.17, 15) is 9.59 Å². The van der Waals surface area contributed by atoms with Gasteiger partial charge in [-0.25, -0.2) is 0 Å². The molecular formula is C27H26N2O4S. The van der Waals surface area contributed by atoms with Crippen LogP contribution in [0.3, 0.4) is 0 Å². The van der Waals surface area contributed by atoms with E-state index in [-0.39, 0.29) is 25.0 Å². The summed E-state index contributed by atoms with van der Waals surface area (Å²) in [4.78, 5) is 30.9. The predicted octanol–water partition coefficient (Wildman–Crippen LogP) is 4.92. The SMILES string of the molecule is CCOC(=O)Cn1c(=NC(=O)C(c2ccccc2)c2ccccc2)sc2cc(OCC)ccc21. The lowest BCUT2D eigenvalue weighted by molar-refractivity contribution is -0.143. The molecule has 6 nitrogen and oxygen atoms in total. The van der Waals surface area contributed by atoms with E-state index < -0.39 is 5.92 Å². The van der Waals surface area contributed by atoms with Gasteiger partial charge in [0.1, 0.15) is 12.3 Å². The van der Waals surface area contributed by atoms with E-state index in [0.29, 0.717) is 11.4 Å². The number of ether oxygens (including phenoxy) is 2. The van der Waals surface area contributed by atoms with E-state index in [1.807, 2.05) is 85.8 Å². The Morgan fingerprint density at radius 3 is 2.15 bits per heavy atom. The average Bonchev–Trinajstić information content (AvgIpc) is 3.17. The van der Waals surface area contributed by atoms with Crippen LogP contribution in [0.4, 0.5) is 0 Å². The van der Waals surface area contributed by atoms with Crippen molar-refractivity contribution in [3.05, 3.63) is 94.8 Å². The lowest BCUT2D eigenvalue weighted by Gasteiger charge is -2.14. The van der Waals surface area contributed by atoms with Crippen LogP contribution in [0.5, 0.6) is 5.75 Å². The molecule has 7 heteroatoms. The number of aromatic nitrogens is 1. The van der Waals surface area contributed by atoms with Gasteiger partial charge in [0.2, 0.25) is 0 Å². The fraction of sp³-hybridized carbons (Fsp3) is 0.222. The van der Waals surface area contributed by atoms with Gasteiger partial charge in [-0.05, 0) is 43.2 Å². The quantitative estimate of drug-likeness (QED) is 0.340. The molecule has 0 aliphatic heterocycles. The van der Waals surface area contributed by atoms with Gasteiger partial charge in [-0.15, -0.1) is 0 Å². The van der Waals surface area contributed by atoms with Crippen molar-refractivity contribution in [1.82, 2.24) is 4.57 Å². The van der Waals surface area contributed by atoms with Crippen LogP contribution in [0.25, 0.3) is 10.2 Å². The van der Waals surface area contributed by atoms with Crippen LogP contribution in [0.1, 0.15) is 30.9 Å². The zero-order valence-corrected chi connectivity index (χ0v) is 20.0. The van der Waals surface area contributed by atoms with Crippen molar-refractivity contribution in [1.29, 1.82) is 0 Å². The van der Waals surface area contributed by atoms with Crippen LogP contribution in [0, 0.1) is 0 Å². The molecule has 3 aromatic carbocycles. The lowest BCUT2D eigenvalue weighted by Crippen LogP contribution is -2.24. The number of hydrogen-bond donors (Lipinski definition) is 0. The summed E-state index contributed by atoms with van der Waals surface area (Å²) in [6, 6.07) is 24.8. The maximum atomic E-state index is 13.6. The van der Waals surface area contributed by atoms with Crippen LogP contribution in [0.15, 0.2) is 83.9 Å². The molecule has 0 N–H and O–H groups in total. The maximum Gasteiger partial charge on any atom is 0.326 e. The zero-order chi connectivity index (χ0) is 23.9. The first kappa shape index (κ1) is 23.4. The van der Waals surface area contributed by atoms with E-state index in [2.05, 4.69) is 4.99 Å². The number of fused-ring (bicyclic) bond motifs is 1. The fourth-order valence-electron chi connectivity index (χ4n) is 3.81. The minimum Gasteiger partial charge on any atom is -0.494 e. The largest absolute Gasteiger partial charge is 0.494 e. The number of esters is 1. The Morgan fingerprint density at radius 2 is 1.56 bits per heavy atom. The Balaban J connectivity index is 1.84. The topological polar surface area (TPSA) is 69.9 Å². The third-order valence-electron chi connectivity index (χ3n) is 5.28. The van der Waals surface area contributed by atoms with Crippen LogP contribution < -0.4 is 9.54 Å². The van der Waals surface area contributed by atoms with Gasteiger partial charge in [-0.1, -0.05) is 72.0 Å². The van der Waals surface area contributed by atoms with Crippen molar-refractivity contribution in [3.63, 3.8) is 0 Å². The summed E-state index contributed by atoms with van der Waals surface area (Å²) < 4.78 is 13.4. The average molecular weight is 475 g/mol. The third kappa shape index (κ3) is 5.26. The molecule has 0 bridgehead atoms. The molecule has 0 saturated heterocycles. The molecule has 0 aliphatic rings. The molecule has 1 amide bonds. The second-order valence-corrected chi connectivity index (χ2v) is 8.55. The van der Waals surface area contributed by atoms with Crippen LogP contribution in [0.2, 0.25) is 0 Å². The molecule has 174 valence electrons. The highest BCUT2D eigenvalue weighted by Gasteiger charge is 2.23. The Kier molecular flexibility index (Phi) is 7.54. The van der Waals surface area contributed by atoms with Gasteiger partial charge in [0.25, 0.3) is 5.91 Å². The van der Waals surface area contributed by atoms with Crippen molar-refractivity contribution in [2.75, 3.05) is 13.2 Å². The van der Waals surface area contributed by atoms with E-state index in [0.717, 1.165) is 27.1 Å². The van der Waals surface area contributed by atoms with Gasteiger partial charge in [-0.2, -0.15) is 4.99 Å². The van der Waals surface area contributed by atoms with Gasteiger partial charge in [-0.3, -0.25) is 9.59 Å². The summed E-state index contributed by atoms with van der Waals surface area (Å²) in [7, 11) is 0. The van der Waals surface area contributed by atoms with E-state index in [1.165, 1.54) is 11.3 Å². The lowest BCUT2D eigenvalue weighted by atomic mass is 9.91. The van der Waals surface area contributed by atoms with Crippen molar-refractivity contribution in [2.45, 2.75) is 26.3 Å². The smallest absolute Gasteiger partial charge is 0.326 e. The maximum absolute atomic E-state index is 13.6. The van der Waals surface area contributed by atoms with Gasteiger partial charge in [0.05, 0.1) is 29.3 Å². The molecule has 1 aromatic heterocycles. The highest BCUT2D eigenvalue weighted by Crippen LogP contribution is 2.27. The highest BCUT2D eigenvalue weighted by atomic mass is 32.1. The first-order chi connectivity index (χ1) is 16.6. The Bertz CT molecular complexity index is 1300. The first-order valence-electron chi connectivity index (χ1n) is 11.2. The second-order valence-electron chi connectivity index (χ2n) is 7.54. The van der Waals surface area contributed by atoms with Gasteiger partial charge in [0, 0.05) is 0 Å². The molecule has 4 rings (SSSR count). The van der Waals surface area contributed by atoms with E-state index in [1.54, 1.807) is 11.5 Å². The molecular weight excluding hydrogens is 448 g/mol. The molecule has 0 saturated carbocycles. The number of thiazole rings is 1. The summed E-state index contributed by atoms with van der Waals surface area (Å²) in [5.74, 6) is -0.509. The molecule has 0 spiro atoms. The molecule has 0 atom stereocenters. The summed E-state index contributed by atoms with van der Waals surface area (Å²) >= 11 is 1.35. The normalized spacial score (nSPS) is 11.7. The number of carbonyl (C=O) groups is 2. The zero-order valence-electron chi connectivity index (χ0n) is 19.1. The molecule has 0 fully saturated rings.